The van der Waals surface area contributed by atoms with Gasteiger partial charge in [0, 0.05) is 4.78 Å². The molecule has 1 aromatic heterocycles. The zero-order valence-electron chi connectivity index (χ0n) is 9.82. The van der Waals surface area contributed by atoms with Gasteiger partial charge in [-0.25, -0.2) is 0 Å². The van der Waals surface area contributed by atoms with Crippen LogP contribution in [0.15, 0.2) is 15.9 Å². The summed E-state index contributed by atoms with van der Waals surface area (Å²) in [5.74, 6) is 0. The Morgan fingerprint density at radius 1 is 1.31 bits per heavy atom. The van der Waals surface area contributed by atoms with Crippen molar-refractivity contribution in [1.82, 2.24) is 0 Å². The van der Waals surface area contributed by atoms with Crippen molar-refractivity contribution < 1.29 is 14.8 Å². The van der Waals surface area contributed by atoms with Crippen molar-refractivity contribution in [3.05, 3.63) is 15.9 Å². The fourth-order valence-corrected chi connectivity index (χ4v) is 2.28. The number of rotatable bonds is 4. The van der Waals surface area contributed by atoms with E-state index in [2.05, 4.69) is 15.9 Å². The van der Waals surface area contributed by atoms with Gasteiger partial charge in [0.25, 0.3) is 0 Å². The summed E-state index contributed by atoms with van der Waals surface area (Å²) in [5.41, 5.74) is -1.86. The Morgan fingerprint density at radius 2 is 1.88 bits per heavy atom. The number of aliphatic hydroxyl groups is 1. The zero-order chi connectivity index (χ0) is 12.6. The minimum absolute atomic E-state index is 0.712. The monoisotopic (exact) mass is 306 g/mol. The highest BCUT2D eigenvalue weighted by Gasteiger charge is 2.39. The second kappa shape index (κ2) is 4.78. The molecule has 0 spiro atoms. The Labute approximate surface area is 109 Å². The van der Waals surface area contributed by atoms with E-state index in [0.717, 1.165) is 3.79 Å². The summed E-state index contributed by atoms with van der Waals surface area (Å²) in [6.45, 7) is 6.81. The van der Waals surface area contributed by atoms with Gasteiger partial charge in [-0.05, 0) is 49.7 Å². The van der Waals surface area contributed by atoms with Gasteiger partial charge in [0.2, 0.25) is 0 Å². The van der Waals surface area contributed by atoms with Gasteiger partial charge in [-0.2, -0.15) is 0 Å². The Morgan fingerprint density at radius 3 is 2.25 bits per heavy atom. The summed E-state index contributed by atoms with van der Waals surface area (Å²) in [4.78, 5) is 0. The third-order valence-electron chi connectivity index (χ3n) is 2.72. The maximum Gasteiger partial charge on any atom is 0.502 e. The first-order chi connectivity index (χ1) is 7.13. The fraction of sp³-hybridized carbons (Fsp3) is 0.600. The van der Waals surface area contributed by atoms with Gasteiger partial charge in [-0.3, -0.25) is 0 Å². The van der Waals surface area contributed by atoms with Crippen molar-refractivity contribution in [2.75, 3.05) is 0 Å². The van der Waals surface area contributed by atoms with Crippen LogP contribution in [0.5, 0.6) is 0 Å². The van der Waals surface area contributed by atoms with E-state index < -0.39 is 18.3 Å². The maximum atomic E-state index is 9.90. The summed E-state index contributed by atoms with van der Waals surface area (Å²) in [6, 6.07) is 3.64. The molecule has 1 aromatic rings. The lowest BCUT2D eigenvalue weighted by atomic mass is 9.82. The van der Waals surface area contributed by atoms with Crippen LogP contribution in [-0.4, -0.2) is 28.5 Å². The molecule has 3 nitrogen and oxygen atoms in total. The number of halogens is 1. The molecule has 0 aromatic carbocycles. The molecule has 6 heteroatoms. The Balaban J connectivity index is 2.75. The molecule has 1 heterocycles. The van der Waals surface area contributed by atoms with Crippen molar-refractivity contribution in [3.63, 3.8) is 0 Å². The van der Waals surface area contributed by atoms with Gasteiger partial charge in [0.15, 0.2) is 0 Å². The number of hydrogen-bond acceptors (Lipinski definition) is 4. The minimum atomic E-state index is -1.03. The lowest BCUT2D eigenvalue weighted by molar-refractivity contribution is -0.0981. The molecule has 0 aliphatic heterocycles. The predicted molar refractivity (Wildman–Crippen MR) is 71.1 cm³/mol. The van der Waals surface area contributed by atoms with Gasteiger partial charge in [0.1, 0.15) is 0 Å². The van der Waals surface area contributed by atoms with Crippen molar-refractivity contribution in [2.45, 2.75) is 38.9 Å². The molecule has 0 aliphatic carbocycles. The lowest BCUT2D eigenvalue weighted by Gasteiger charge is -2.38. The average molecular weight is 307 g/mol. The molecular weight excluding hydrogens is 291 g/mol. The summed E-state index contributed by atoms with van der Waals surface area (Å²) in [6.07, 6.45) is 0. The number of thiophene rings is 1. The summed E-state index contributed by atoms with van der Waals surface area (Å²) < 4.78 is 7.15. The molecule has 0 radical (unpaired) electrons. The summed E-state index contributed by atoms with van der Waals surface area (Å²) in [5, 5.41) is 19.8. The average Bonchev–Trinajstić information content (AvgIpc) is 2.48. The van der Waals surface area contributed by atoms with Crippen molar-refractivity contribution in [2.24, 2.45) is 0 Å². The molecule has 0 bridgehead atoms. The first kappa shape index (κ1) is 14.2. The topological polar surface area (TPSA) is 49.7 Å². The lowest BCUT2D eigenvalue weighted by Crippen LogP contribution is -2.52. The standard InChI is InChI=1S/C10H16BBrO3S/c1-9(2,13)10(3,4)15-11(14)7-5-6-8(12)16-7/h5-6,13-14H,1-4H3. The van der Waals surface area contributed by atoms with E-state index in [-0.39, 0.29) is 0 Å². The second-order valence-electron chi connectivity index (χ2n) is 4.68. The summed E-state index contributed by atoms with van der Waals surface area (Å²) >= 11 is 4.73. The van der Waals surface area contributed by atoms with Gasteiger partial charge in [-0.1, -0.05) is 6.07 Å². The Hall–Kier alpha value is 0.125. The van der Waals surface area contributed by atoms with E-state index in [1.165, 1.54) is 11.3 Å². The highest BCUT2D eigenvalue weighted by atomic mass is 79.9. The normalized spacial score (nSPS) is 12.9. The fourth-order valence-electron chi connectivity index (χ4n) is 0.942. The molecular formula is C10H16BBrO3S. The van der Waals surface area contributed by atoms with Crippen molar-refractivity contribution >= 4 is 39.2 Å². The van der Waals surface area contributed by atoms with Crippen LogP contribution in [0.25, 0.3) is 0 Å². The summed E-state index contributed by atoms with van der Waals surface area (Å²) in [7, 11) is -1.02. The SMILES string of the molecule is CC(C)(O)C(C)(C)OB(O)c1ccc(Br)s1. The first-order valence-corrected chi connectivity index (χ1v) is 6.58. The molecule has 0 amide bonds. The van der Waals surface area contributed by atoms with Crippen LogP contribution in [-0.2, 0) is 4.65 Å². The van der Waals surface area contributed by atoms with Crippen LogP contribution in [0.2, 0.25) is 0 Å². The van der Waals surface area contributed by atoms with E-state index in [1.807, 2.05) is 6.07 Å². The zero-order valence-corrected chi connectivity index (χ0v) is 12.2. The molecule has 16 heavy (non-hydrogen) atoms. The molecule has 1 rings (SSSR count). The van der Waals surface area contributed by atoms with Gasteiger partial charge < -0.3 is 14.8 Å². The molecule has 2 N–H and O–H groups in total. The Kier molecular flexibility index (Phi) is 4.24. The predicted octanol–water partition coefficient (Wildman–Crippen LogP) is 1.76. The molecule has 0 aliphatic rings. The molecule has 0 fully saturated rings. The molecule has 0 saturated carbocycles. The highest BCUT2D eigenvalue weighted by molar-refractivity contribution is 9.11. The van der Waals surface area contributed by atoms with E-state index in [0.29, 0.717) is 4.78 Å². The van der Waals surface area contributed by atoms with E-state index in [4.69, 9.17) is 4.65 Å². The van der Waals surface area contributed by atoms with Crippen LogP contribution in [0.3, 0.4) is 0 Å². The van der Waals surface area contributed by atoms with Crippen molar-refractivity contribution in [3.8, 4) is 0 Å². The quantitative estimate of drug-likeness (QED) is 0.834. The van der Waals surface area contributed by atoms with Crippen molar-refractivity contribution in [1.29, 1.82) is 0 Å². The highest BCUT2D eigenvalue weighted by Crippen LogP contribution is 2.26. The van der Waals surface area contributed by atoms with Crippen LogP contribution in [0, 0.1) is 0 Å². The van der Waals surface area contributed by atoms with Crippen LogP contribution < -0.4 is 4.78 Å². The number of hydrogen-bond donors (Lipinski definition) is 2. The Bertz CT molecular complexity index is 359. The minimum Gasteiger partial charge on any atom is -0.423 e. The molecule has 0 saturated heterocycles. The van der Waals surface area contributed by atoms with Gasteiger partial charge >= 0.3 is 7.12 Å². The second-order valence-corrected chi connectivity index (χ2v) is 7.18. The van der Waals surface area contributed by atoms with E-state index >= 15 is 0 Å². The largest absolute Gasteiger partial charge is 0.502 e. The van der Waals surface area contributed by atoms with Crippen LogP contribution in [0.1, 0.15) is 27.7 Å². The third kappa shape index (κ3) is 3.31. The molecule has 90 valence electrons. The molecule has 0 atom stereocenters. The van der Waals surface area contributed by atoms with Crippen LogP contribution in [0.4, 0.5) is 0 Å². The maximum absolute atomic E-state index is 9.90. The first-order valence-electron chi connectivity index (χ1n) is 4.97. The smallest absolute Gasteiger partial charge is 0.423 e. The third-order valence-corrected chi connectivity index (χ3v) is 4.37. The van der Waals surface area contributed by atoms with E-state index in [9.17, 15) is 10.1 Å². The van der Waals surface area contributed by atoms with Crippen LogP contribution >= 0.6 is 27.3 Å². The molecule has 0 unspecified atom stereocenters. The van der Waals surface area contributed by atoms with Gasteiger partial charge in [0.05, 0.1) is 15.0 Å². The van der Waals surface area contributed by atoms with E-state index in [1.54, 1.807) is 33.8 Å². The van der Waals surface area contributed by atoms with Gasteiger partial charge in [-0.15, -0.1) is 11.3 Å².